The number of hydrogen-bond acceptors (Lipinski definition) is 3. The predicted molar refractivity (Wildman–Crippen MR) is 78.3 cm³/mol. The van der Waals surface area contributed by atoms with Crippen molar-refractivity contribution in [1.82, 2.24) is 4.98 Å². The zero-order valence-corrected chi connectivity index (χ0v) is 12.5. The summed E-state index contributed by atoms with van der Waals surface area (Å²) < 4.78 is 10.7. The third kappa shape index (κ3) is 2.50. The molecular weight excluding hydrogens is 238 g/mol. The molecule has 102 valence electrons. The maximum atomic E-state index is 5.39. The molecule has 0 N–H and O–H groups in total. The Morgan fingerprint density at radius 1 is 0.947 bits per heavy atom. The molecule has 0 atom stereocenters. The van der Waals surface area contributed by atoms with E-state index < -0.39 is 0 Å². The molecular formula is C16H21NO2. The summed E-state index contributed by atoms with van der Waals surface area (Å²) in [5, 5.41) is 1.12. The van der Waals surface area contributed by atoms with E-state index in [2.05, 4.69) is 31.8 Å². The highest BCUT2D eigenvalue weighted by Gasteiger charge is 2.19. The maximum absolute atomic E-state index is 5.39. The van der Waals surface area contributed by atoms with E-state index >= 15 is 0 Å². The van der Waals surface area contributed by atoms with Crippen LogP contribution in [0.4, 0.5) is 0 Å². The third-order valence-electron chi connectivity index (χ3n) is 3.25. The standard InChI is InChI=1S/C16H21NO2/c1-10-7-12(16(2,3)4)11-8-14(18-5)15(19-6)9-13(11)17-10/h7-9H,1-6H3. The summed E-state index contributed by atoms with van der Waals surface area (Å²) >= 11 is 0. The molecule has 1 heterocycles. The normalized spacial score (nSPS) is 11.7. The van der Waals surface area contributed by atoms with Crippen LogP contribution in [0.3, 0.4) is 0 Å². The average molecular weight is 259 g/mol. The molecule has 0 fully saturated rings. The summed E-state index contributed by atoms with van der Waals surface area (Å²) in [6.45, 7) is 8.64. The number of methoxy groups -OCH3 is 2. The molecule has 0 aliphatic heterocycles. The van der Waals surface area contributed by atoms with E-state index in [1.54, 1.807) is 14.2 Å². The molecule has 0 aliphatic rings. The second-order valence-electron chi connectivity index (χ2n) is 5.79. The van der Waals surface area contributed by atoms with E-state index in [4.69, 9.17) is 9.47 Å². The number of pyridine rings is 1. The van der Waals surface area contributed by atoms with Crippen LogP contribution in [0.1, 0.15) is 32.0 Å². The maximum Gasteiger partial charge on any atom is 0.162 e. The molecule has 3 heteroatoms. The number of benzene rings is 1. The van der Waals surface area contributed by atoms with Crippen LogP contribution in [-0.2, 0) is 5.41 Å². The highest BCUT2D eigenvalue weighted by Crippen LogP contribution is 2.36. The van der Waals surface area contributed by atoms with Gasteiger partial charge < -0.3 is 9.47 Å². The van der Waals surface area contributed by atoms with Crippen molar-refractivity contribution in [1.29, 1.82) is 0 Å². The van der Waals surface area contributed by atoms with Gasteiger partial charge in [-0.3, -0.25) is 4.98 Å². The van der Waals surface area contributed by atoms with Crippen molar-refractivity contribution >= 4 is 10.9 Å². The first-order chi connectivity index (χ1) is 8.86. The van der Waals surface area contributed by atoms with Crippen LogP contribution in [0.2, 0.25) is 0 Å². The molecule has 2 aromatic rings. The Bertz CT molecular complexity index is 612. The molecule has 0 amide bonds. The Morgan fingerprint density at radius 2 is 1.53 bits per heavy atom. The number of aryl methyl sites for hydroxylation is 1. The fourth-order valence-electron chi connectivity index (χ4n) is 2.31. The number of nitrogens with zero attached hydrogens (tertiary/aromatic N) is 1. The number of hydrogen-bond donors (Lipinski definition) is 0. The lowest BCUT2D eigenvalue weighted by atomic mass is 9.84. The lowest BCUT2D eigenvalue weighted by Gasteiger charge is -2.22. The quantitative estimate of drug-likeness (QED) is 0.820. The van der Waals surface area contributed by atoms with E-state index in [1.807, 2.05) is 19.1 Å². The SMILES string of the molecule is COc1cc2nc(C)cc(C(C)(C)C)c2cc1OC. The van der Waals surface area contributed by atoms with Crippen LogP contribution in [0.5, 0.6) is 11.5 Å². The van der Waals surface area contributed by atoms with Gasteiger partial charge in [-0.15, -0.1) is 0 Å². The molecule has 0 bridgehead atoms. The van der Waals surface area contributed by atoms with Crippen LogP contribution in [0.25, 0.3) is 10.9 Å². The fraction of sp³-hybridized carbons (Fsp3) is 0.438. The largest absolute Gasteiger partial charge is 0.493 e. The van der Waals surface area contributed by atoms with Gasteiger partial charge >= 0.3 is 0 Å². The van der Waals surface area contributed by atoms with Crippen LogP contribution < -0.4 is 9.47 Å². The van der Waals surface area contributed by atoms with Crippen LogP contribution >= 0.6 is 0 Å². The van der Waals surface area contributed by atoms with Crippen molar-refractivity contribution in [2.24, 2.45) is 0 Å². The van der Waals surface area contributed by atoms with E-state index in [0.717, 1.165) is 22.3 Å². The zero-order valence-electron chi connectivity index (χ0n) is 12.5. The van der Waals surface area contributed by atoms with Gasteiger partial charge in [-0.1, -0.05) is 20.8 Å². The van der Waals surface area contributed by atoms with Gasteiger partial charge in [-0.2, -0.15) is 0 Å². The second kappa shape index (κ2) is 4.72. The summed E-state index contributed by atoms with van der Waals surface area (Å²) in [6, 6.07) is 6.10. The first-order valence-corrected chi connectivity index (χ1v) is 6.40. The molecule has 0 unspecified atom stereocenters. The van der Waals surface area contributed by atoms with E-state index in [1.165, 1.54) is 5.56 Å². The molecule has 2 rings (SSSR count). The highest BCUT2D eigenvalue weighted by atomic mass is 16.5. The summed E-state index contributed by atoms with van der Waals surface area (Å²) in [6.07, 6.45) is 0. The van der Waals surface area contributed by atoms with Crippen molar-refractivity contribution in [2.45, 2.75) is 33.1 Å². The topological polar surface area (TPSA) is 31.4 Å². The van der Waals surface area contributed by atoms with E-state index in [9.17, 15) is 0 Å². The zero-order chi connectivity index (χ0) is 14.2. The monoisotopic (exact) mass is 259 g/mol. The summed E-state index contributed by atoms with van der Waals surface area (Å²) in [5.74, 6) is 1.46. The van der Waals surface area contributed by atoms with Crippen molar-refractivity contribution in [3.63, 3.8) is 0 Å². The molecule has 0 saturated carbocycles. The van der Waals surface area contributed by atoms with Gasteiger partial charge in [0.1, 0.15) is 0 Å². The Hall–Kier alpha value is -1.77. The Balaban J connectivity index is 2.83. The lowest BCUT2D eigenvalue weighted by Crippen LogP contribution is -2.12. The minimum absolute atomic E-state index is 0.0611. The second-order valence-corrected chi connectivity index (χ2v) is 5.79. The Labute approximate surface area is 114 Å². The van der Waals surface area contributed by atoms with Crippen molar-refractivity contribution in [3.05, 3.63) is 29.5 Å². The van der Waals surface area contributed by atoms with Gasteiger partial charge in [0.25, 0.3) is 0 Å². The summed E-state index contributed by atoms with van der Waals surface area (Å²) in [7, 11) is 3.30. The predicted octanol–water partition coefficient (Wildman–Crippen LogP) is 3.86. The Morgan fingerprint density at radius 3 is 2.05 bits per heavy atom. The molecule has 1 aromatic carbocycles. The first-order valence-electron chi connectivity index (χ1n) is 6.40. The third-order valence-corrected chi connectivity index (χ3v) is 3.25. The summed E-state index contributed by atoms with van der Waals surface area (Å²) in [4.78, 5) is 4.60. The average Bonchev–Trinajstić information content (AvgIpc) is 2.34. The highest BCUT2D eigenvalue weighted by molar-refractivity contribution is 5.87. The van der Waals surface area contributed by atoms with E-state index in [0.29, 0.717) is 5.75 Å². The summed E-state index contributed by atoms with van der Waals surface area (Å²) in [5.41, 5.74) is 3.30. The van der Waals surface area contributed by atoms with Gasteiger partial charge in [-0.25, -0.2) is 0 Å². The molecule has 1 aromatic heterocycles. The van der Waals surface area contributed by atoms with Crippen LogP contribution in [0.15, 0.2) is 18.2 Å². The molecule has 3 nitrogen and oxygen atoms in total. The minimum Gasteiger partial charge on any atom is -0.493 e. The van der Waals surface area contributed by atoms with Gasteiger partial charge in [-0.05, 0) is 30.0 Å². The van der Waals surface area contributed by atoms with Gasteiger partial charge in [0.15, 0.2) is 11.5 Å². The van der Waals surface area contributed by atoms with Gasteiger partial charge in [0.2, 0.25) is 0 Å². The molecule has 0 aliphatic carbocycles. The van der Waals surface area contributed by atoms with Gasteiger partial charge in [0, 0.05) is 17.1 Å². The van der Waals surface area contributed by atoms with Gasteiger partial charge in [0.05, 0.1) is 19.7 Å². The molecule has 0 saturated heterocycles. The molecule has 19 heavy (non-hydrogen) atoms. The molecule has 0 radical (unpaired) electrons. The Kier molecular flexibility index (Phi) is 3.40. The number of rotatable bonds is 2. The number of ether oxygens (including phenoxy) is 2. The van der Waals surface area contributed by atoms with Crippen LogP contribution in [0, 0.1) is 6.92 Å². The minimum atomic E-state index is 0.0611. The smallest absolute Gasteiger partial charge is 0.162 e. The number of aromatic nitrogens is 1. The molecule has 0 spiro atoms. The fourth-order valence-corrected chi connectivity index (χ4v) is 2.31. The number of fused-ring (bicyclic) bond motifs is 1. The van der Waals surface area contributed by atoms with Crippen molar-refractivity contribution in [3.8, 4) is 11.5 Å². The van der Waals surface area contributed by atoms with Crippen molar-refractivity contribution < 1.29 is 9.47 Å². The van der Waals surface area contributed by atoms with Crippen molar-refractivity contribution in [2.75, 3.05) is 14.2 Å². The first kappa shape index (κ1) is 13.7. The van der Waals surface area contributed by atoms with E-state index in [-0.39, 0.29) is 5.41 Å². The lowest BCUT2D eigenvalue weighted by molar-refractivity contribution is 0.355. The van der Waals surface area contributed by atoms with Crippen LogP contribution in [-0.4, -0.2) is 19.2 Å².